The van der Waals surface area contributed by atoms with Crippen LogP contribution in [0.2, 0.25) is 0 Å². The molecule has 1 rings (SSSR count). The monoisotopic (exact) mass is 322 g/mol. The van der Waals surface area contributed by atoms with Crippen molar-refractivity contribution < 1.29 is 24.2 Å². The predicted molar refractivity (Wildman–Crippen MR) is 83.4 cm³/mol. The van der Waals surface area contributed by atoms with Gasteiger partial charge in [-0.05, 0) is 39.8 Å². The Morgan fingerprint density at radius 2 is 1.87 bits per heavy atom. The van der Waals surface area contributed by atoms with Gasteiger partial charge in [-0.25, -0.2) is 9.78 Å². The van der Waals surface area contributed by atoms with Crippen molar-refractivity contribution in [2.75, 3.05) is 13.6 Å². The van der Waals surface area contributed by atoms with Crippen molar-refractivity contribution in [2.24, 2.45) is 0 Å². The topological polar surface area (TPSA) is 96.8 Å². The molecule has 0 aliphatic heterocycles. The van der Waals surface area contributed by atoms with Gasteiger partial charge < -0.3 is 14.7 Å². The van der Waals surface area contributed by atoms with Gasteiger partial charge in [-0.15, -0.1) is 0 Å². The van der Waals surface area contributed by atoms with E-state index in [4.69, 9.17) is 9.84 Å². The molecule has 0 fully saturated rings. The molecule has 0 aliphatic rings. The van der Waals surface area contributed by atoms with E-state index in [9.17, 15) is 14.4 Å². The number of carbonyl (C=O) groups excluding carboxylic acids is 2. The van der Waals surface area contributed by atoms with Crippen LogP contribution in [0.1, 0.15) is 53.7 Å². The highest BCUT2D eigenvalue weighted by Crippen LogP contribution is 2.11. The van der Waals surface area contributed by atoms with E-state index in [0.717, 1.165) is 0 Å². The highest BCUT2D eigenvalue weighted by Gasteiger charge is 2.19. The molecule has 0 unspecified atom stereocenters. The largest absolute Gasteiger partial charge is 0.478 e. The predicted octanol–water partition coefficient (Wildman–Crippen LogP) is 1.89. The third kappa shape index (κ3) is 5.69. The summed E-state index contributed by atoms with van der Waals surface area (Å²) in [6.45, 7) is 7.04. The zero-order valence-corrected chi connectivity index (χ0v) is 14.0. The Morgan fingerprint density at radius 1 is 1.26 bits per heavy atom. The summed E-state index contributed by atoms with van der Waals surface area (Å²) in [6, 6.07) is 2.71. The van der Waals surface area contributed by atoms with Crippen LogP contribution in [-0.4, -0.2) is 52.0 Å². The summed E-state index contributed by atoms with van der Waals surface area (Å²) in [4.78, 5) is 40.2. The number of nitrogens with zero attached hydrogens (tertiary/aromatic N) is 2. The van der Waals surface area contributed by atoms with Crippen LogP contribution in [0.15, 0.2) is 12.1 Å². The fourth-order valence-electron chi connectivity index (χ4n) is 1.85. The molecule has 0 aliphatic carbocycles. The summed E-state index contributed by atoms with van der Waals surface area (Å²) in [5.41, 5.74) is -0.105. The van der Waals surface area contributed by atoms with Crippen molar-refractivity contribution in [3.8, 4) is 0 Å². The van der Waals surface area contributed by atoms with E-state index >= 15 is 0 Å². The lowest BCUT2D eigenvalue weighted by Gasteiger charge is -2.21. The van der Waals surface area contributed by atoms with E-state index < -0.39 is 11.6 Å². The molecule has 0 radical (unpaired) electrons. The summed E-state index contributed by atoms with van der Waals surface area (Å²) in [5.74, 6) is -1.86. The maximum atomic E-state index is 12.2. The Labute approximate surface area is 135 Å². The number of hydrogen-bond acceptors (Lipinski definition) is 5. The minimum absolute atomic E-state index is 0.0537. The van der Waals surface area contributed by atoms with Crippen molar-refractivity contribution in [2.45, 2.75) is 39.7 Å². The molecule has 126 valence electrons. The standard InChI is InChI=1S/C16H22N2O5/c1-10-11(15(21)22)6-7-12(17-10)14(20)18(5)9-8-13(19)23-16(2,3)4/h6-7H,8-9H2,1-5H3,(H,21,22). The highest BCUT2D eigenvalue weighted by molar-refractivity contribution is 5.94. The average molecular weight is 322 g/mol. The first-order valence-electron chi connectivity index (χ1n) is 7.19. The minimum atomic E-state index is -1.09. The third-order valence-electron chi connectivity index (χ3n) is 2.95. The van der Waals surface area contributed by atoms with E-state index in [1.165, 1.54) is 24.0 Å². The normalized spacial score (nSPS) is 11.0. The maximum Gasteiger partial charge on any atom is 0.337 e. The summed E-state index contributed by atoms with van der Waals surface area (Å²) in [6.07, 6.45) is 0.0751. The molecule has 0 spiro atoms. The summed E-state index contributed by atoms with van der Waals surface area (Å²) >= 11 is 0. The Hall–Kier alpha value is -2.44. The number of aromatic carboxylic acids is 1. The van der Waals surface area contributed by atoms with Crippen LogP contribution in [0.3, 0.4) is 0 Å². The molecule has 1 amide bonds. The first-order valence-corrected chi connectivity index (χ1v) is 7.19. The van der Waals surface area contributed by atoms with Crippen LogP contribution in [0, 0.1) is 6.92 Å². The Bertz CT molecular complexity index is 619. The van der Waals surface area contributed by atoms with Gasteiger partial charge in [0, 0.05) is 13.6 Å². The number of pyridine rings is 1. The van der Waals surface area contributed by atoms with Gasteiger partial charge >= 0.3 is 11.9 Å². The number of carbonyl (C=O) groups is 3. The molecule has 0 atom stereocenters. The highest BCUT2D eigenvalue weighted by atomic mass is 16.6. The van der Waals surface area contributed by atoms with Crippen molar-refractivity contribution in [1.29, 1.82) is 0 Å². The second-order valence-corrected chi connectivity index (χ2v) is 6.20. The molecule has 7 heteroatoms. The fraction of sp³-hybridized carbons (Fsp3) is 0.500. The van der Waals surface area contributed by atoms with Crippen LogP contribution in [-0.2, 0) is 9.53 Å². The quantitative estimate of drug-likeness (QED) is 0.832. The van der Waals surface area contributed by atoms with Crippen molar-refractivity contribution in [3.05, 3.63) is 29.1 Å². The number of carboxylic acids is 1. The smallest absolute Gasteiger partial charge is 0.337 e. The molecule has 1 N–H and O–H groups in total. The minimum Gasteiger partial charge on any atom is -0.478 e. The van der Waals surface area contributed by atoms with E-state index in [2.05, 4.69) is 4.98 Å². The second-order valence-electron chi connectivity index (χ2n) is 6.20. The molecule has 23 heavy (non-hydrogen) atoms. The number of carboxylic acid groups (broad SMARTS) is 1. The molecule has 1 heterocycles. The number of aromatic nitrogens is 1. The first kappa shape index (κ1) is 18.6. The molecule has 7 nitrogen and oxygen atoms in total. The van der Waals surface area contributed by atoms with Crippen LogP contribution < -0.4 is 0 Å². The number of aryl methyl sites for hydroxylation is 1. The second kappa shape index (κ2) is 7.21. The lowest BCUT2D eigenvalue weighted by atomic mass is 10.2. The van der Waals surface area contributed by atoms with Gasteiger partial charge in [0.25, 0.3) is 5.91 Å². The number of ether oxygens (including phenoxy) is 1. The number of hydrogen-bond donors (Lipinski definition) is 1. The van der Waals surface area contributed by atoms with Gasteiger partial charge in [-0.2, -0.15) is 0 Å². The van der Waals surface area contributed by atoms with E-state index in [-0.39, 0.29) is 41.8 Å². The van der Waals surface area contributed by atoms with Crippen LogP contribution in [0.25, 0.3) is 0 Å². The van der Waals surface area contributed by atoms with E-state index in [1.807, 2.05) is 0 Å². The zero-order chi connectivity index (χ0) is 17.8. The number of esters is 1. The Balaban J connectivity index is 2.69. The van der Waals surface area contributed by atoms with E-state index in [1.54, 1.807) is 27.8 Å². The molecule has 0 saturated heterocycles. The molecule has 1 aromatic heterocycles. The number of amides is 1. The van der Waals surface area contributed by atoms with Gasteiger partial charge in [0.15, 0.2) is 0 Å². The molecule has 1 aromatic rings. The number of rotatable bonds is 5. The molecule has 0 aromatic carbocycles. The maximum absolute atomic E-state index is 12.2. The summed E-state index contributed by atoms with van der Waals surface area (Å²) in [5, 5.41) is 8.96. The SMILES string of the molecule is Cc1nc(C(=O)N(C)CCC(=O)OC(C)(C)C)ccc1C(=O)O. The summed E-state index contributed by atoms with van der Waals surface area (Å²) < 4.78 is 5.18. The van der Waals surface area contributed by atoms with Gasteiger partial charge in [-0.3, -0.25) is 9.59 Å². The van der Waals surface area contributed by atoms with Crippen molar-refractivity contribution in [3.63, 3.8) is 0 Å². The Morgan fingerprint density at radius 3 is 2.35 bits per heavy atom. The van der Waals surface area contributed by atoms with Crippen molar-refractivity contribution in [1.82, 2.24) is 9.88 Å². The first-order chi connectivity index (χ1) is 10.5. The zero-order valence-electron chi connectivity index (χ0n) is 14.0. The van der Waals surface area contributed by atoms with Crippen LogP contribution in [0.4, 0.5) is 0 Å². The Kier molecular flexibility index (Phi) is 5.84. The van der Waals surface area contributed by atoms with E-state index in [0.29, 0.717) is 0 Å². The van der Waals surface area contributed by atoms with Gasteiger partial charge in [-0.1, -0.05) is 0 Å². The summed E-state index contributed by atoms with van der Waals surface area (Å²) in [7, 11) is 1.55. The molecule has 0 bridgehead atoms. The molecule has 0 saturated carbocycles. The van der Waals surface area contributed by atoms with Crippen LogP contribution >= 0.6 is 0 Å². The lowest BCUT2D eigenvalue weighted by Crippen LogP contribution is -2.32. The third-order valence-corrected chi connectivity index (χ3v) is 2.95. The van der Waals surface area contributed by atoms with Gasteiger partial charge in [0.05, 0.1) is 17.7 Å². The molecular formula is C16H22N2O5. The van der Waals surface area contributed by atoms with Crippen LogP contribution in [0.5, 0.6) is 0 Å². The average Bonchev–Trinajstić information content (AvgIpc) is 2.41. The lowest BCUT2D eigenvalue weighted by molar-refractivity contribution is -0.154. The molecular weight excluding hydrogens is 300 g/mol. The van der Waals surface area contributed by atoms with Crippen molar-refractivity contribution >= 4 is 17.8 Å². The van der Waals surface area contributed by atoms with Gasteiger partial charge in [0.1, 0.15) is 11.3 Å². The van der Waals surface area contributed by atoms with Gasteiger partial charge in [0.2, 0.25) is 0 Å². The fourth-order valence-corrected chi connectivity index (χ4v) is 1.85.